The van der Waals surface area contributed by atoms with Gasteiger partial charge >= 0.3 is 0 Å². The summed E-state index contributed by atoms with van der Waals surface area (Å²) in [5.41, 5.74) is 1.01. The smallest absolute Gasteiger partial charge is 0.161 e. The van der Waals surface area contributed by atoms with Gasteiger partial charge in [-0.15, -0.1) is 0 Å². The largest absolute Gasteiger partial charge is 0.493 e. The monoisotopic (exact) mass is 244 g/mol. The molecule has 0 spiro atoms. The van der Waals surface area contributed by atoms with Gasteiger partial charge in [0.05, 0.1) is 14.2 Å². The molecule has 0 atom stereocenters. The number of benzene rings is 1. The number of hydrogen-bond acceptors (Lipinski definition) is 3. The van der Waals surface area contributed by atoms with Crippen LogP contribution in [-0.4, -0.2) is 20.5 Å². The zero-order valence-electron chi connectivity index (χ0n) is 10.5. The summed E-state index contributed by atoms with van der Waals surface area (Å²) >= 11 is 0. The van der Waals surface area contributed by atoms with Crippen LogP contribution >= 0.6 is 0 Å². The van der Waals surface area contributed by atoms with Gasteiger partial charge in [0, 0.05) is 0 Å². The Balaban J connectivity index is 2.73. The van der Waals surface area contributed by atoms with E-state index in [1.165, 1.54) is 6.08 Å². The van der Waals surface area contributed by atoms with Gasteiger partial charge in [-0.2, -0.15) is 0 Å². The summed E-state index contributed by atoms with van der Waals surface area (Å²) < 4.78 is 10.4. The molecular weight excluding hydrogens is 228 g/mol. The van der Waals surface area contributed by atoms with Gasteiger partial charge in [-0.05, 0) is 23.8 Å². The lowest BCUT2D eigenvalue weighted by Crippen LogP contribution is -1.90. The maximum atomic E-state index is 10.0. The molecule has 0 heterocycles. The molecule has 0 aliphatic carbocycles. The van der Waals surface area contributed by atoms with Crippen LogP contribution in [0.2, 0.25) is 0 Å². The minimum atomic E-state index is 0.699. The molecule has 1 rings (SSSR count). The van der Waals surface area contributed by atoms with Crippen molar-refractivity contribution >= 4 is 12.4 Å². The maximum absolute atomic E-state index is 10.0. The average molecular weight is 244 g/mol. The molecule has 3 nitrogen and oxygen atoms in total. The Morgan fingerprint density at radius 2 is 1.56 bits per heavy atom. The lowest BCUT2D eigenvalue weighted by molar-refractivity contribution is -0.104. The molecule has 0 saturated carbocycles. The first-order valence-electron chi connectivity index (χ1n) is 5.49. The first-order valence-corrected chi connectivity index (χ1v) is 5.49. The molecule has 0 N–H and O–H groups in total. The number of rotatable bonds is 6. The number of ether oxygens (including phenoxy) is 2. The summed E-state index contributed by atoms with van der Waals surface area (Å²) in [6.45, 7) is 0. The summed E-state index contributed by atoms with van der Waals surface area (Å²) in [5, 5.41) is 0. The van der Waals surface area contributed by atoms with E-state index in [0.717, 1.165) is 11.8 Å². The van der Waals surface area contributed by atoms with Crippen molar-refractivity contribution in [2.75, 3.05) is 14.2 Å². The van der Waals surface area contributed by atoms with Crippen molar-refractivity contribution in [3.63, 3.8) is 0 Å². The molecule has 0 aromatic heterocycles. The fourth-order valence-electron chi connectivity index (χ4n) is 1.36. The fourth-order valence-corrected chi connectivity index (χ4v) is 1.36. The maximum Gasteiger partial charge on any atom is 0.161 e. The van der Waals surface area contributed by atoms with Crippen molar-refractivity contribution < 1.29 is 14.3 Å². The zero-order chi connectivity index (χ0) is 13.2. The molecule has 1 aromatic rings. The highest BCUT2D eigenvalue weighted by atomic mass is 16.5. The van der Waals surface area contributed by atoms with Crippen molar-refractivity contribution in [2.45, 2.75) is 0 Å². The number of hydrogen-bond donors (Lipinski definition) is 0. The van der Waals surface area contributed by atoms with E-state index >= 15 is 0 Å². The van der Waals surface area contributed by atoms with Gasteiger partial charge in [0.25, 0.3) is 0 Å². The second-order valence-corrected chi connectivity index (χ2v) is 3.38. The van der Waals surface area contributed by atoms with Gasteiger partial charge in [0.2, 0.25) is 0 Å². The van der Waals surface area contributed by atoms with Crippen LogP contribution in [-0.2, 0) is 4.79 Å². The first-order chi connectivity index (χ1) is 8.81. The summed E-state index contributed by atoms with van der Waals surface area (Å²) in [6, 6.07) is 5.69. The lowest BCUT2D eigenvalue weighted by Gasteiger charge is -2.07. The summed E-state index contributed by atoms with van der Waals surface area (Å²) in [4.78, 5) is 10.0. The molecule has 1 aromatic carbocycles. The standard InChI is InChI=1S/C15H16O3/c1-17-14-10-9-13(12-15(14)18-2)8-6-4-3-5-7-11-16/h3-12H,1-2H3/b4-3-,7-5-,8-6+. The van der Waals surface area contributed by atoms with Gasteiger partial charge in [-0.25, -0.2) is 0 Å². The fraction of sp³-hybridized carbons (Fsp3) is 0.133. The number of aldehydes is 1. The zero-order valence-corrected chi connectivity index (χ0v) is 10.5. The van der Waals surface area contributed by atoms with Crippen LogP contribution in [0.1, 0.15) is 5.56 Å². The minimum Gasteiger partial charge on any atom is -0.493 e. The van der Waals surface area contributed by atoms with Gasteiger partial charge in [-0.3, -0.25) is 4.79 Å². The van der Waals surface area contributed by atoms with Crippen LogP contribution in [0.15, 0.2) is 48.6 Å². The van der Waals surface area contributed by atoms with Crippen LogP contribution < -0.4 is 9.47 Å². The summed E-state index contributed by atoms with van der Waals surface area (Å²) in [5.74, 6) is 1.41. The van der Waals surface area contributed by atoms with Crippen LogP contribution in [0.4, 0.5) is 0 Å². The van der Waals surface area contributed by atoms with Crippen molar-refractivity contribution in [2.24, 2.45) is 0 Å². The quantitative estimate of drug-likeness (QED) is 0.438. The summed E-state index contributed by atoms with van der Waals surface area (Å²) in [6.07, 6.45) is 11.3. The highest BCUT2D eigenvalue weighted by Gasteiger charge is 2.01. The van der Waals surface area contributed by atoms with Crippen molar-refractivity contribution in [3.05, 3.63) is 54.1 Å². The van der Waals surface area contributed by atoms with E-state index in [1.54, 1.807) is 26.4 Å². The second-order valence-electron chi connectivity index (χ2n) is 3.38. The first kappa shape index (κ1) is 13.8. The third-order valence-corrected chi connectivity index (χ3v) is 2.22. The topological polar surface area (TPSA) is 35.5 Å². The third-order valence-electron chi connectivity index (χ3n) is 2.22. The Bertz CT molecular complexity index is 471. The van der Waals surface area contributed by atoms with E-state index in [2.05, 4.69) is 0 Å². The molecule has 0 unspecified atom stereocenters. The minimum absolute atomic E-state index is 0.699. The van der Waals surface area contributed by atoms with Gasteiger partial charge in [-0.1, -0.05) is 36.4 Å². The normalized spacial score (nSPS) is 11.4. The van der Waals surface area contributed by atoms with Gasteiger partial charge in [0.15, 0.2) is 11.5 Å². The predicted molar refractivity (Wildman–Crippen MR) is 72.9 cm³/mol. The number of carbonyl (C=O) groups excluding carboxylic acids is 1. The molecular formula is C15H16O3. The SMILES string of the molecule is COc1ccc(/C=C/C=C\C=C/C=O)cc1OC. The Hall–Kier alpha value is -2.29. The molecule has 0 saturated heterocycles. The second kappa shape index (κ2) is 7.90. The number of allylic oxidation sites excluding steroid dienone is 5. The van der Waals surface area contributed by atoms with E-state index in [1.807, 2.05) is 36.4 Å². The van der Waals surface area contributed by atoms with Crippen LogP contribution in [0.25, 0.3) is 6.08 Å². The van der Waals surface area contributed by atoms with Gasteiger partial charge < -0.3 is 9.47 Å². The van der Waals surface area contributed by atoms with Crippen molar-refractivity contribution in [1.29, 1.82) is 0 Å². The van der Waals surface area contributed by atoms with E-state index in [0.29, 0.717) is 11.5 Å². The van der Waals surface area contributed by atoms with Crippen LogP contribution in [0, 0.1) is 0 Å². The van der Waals surface area contributed by atoms with Crippen LogP contribution in [0.5, 0.6) is 11.5 Å². The predicted octanol–water partition coefficient (Wildman–Crippen LogP) is 3.03. The molecule has 0 fully saturated rings. The number of methoxy groups -OCH3 is 2. The van der Waals surface area contributed by atoms with Crippen molar-refractivity contribution in [1.82, 2.24) is 0 Å². The lowest BCUT2D eigenvalue weighted by atomic mass is 10.2. The average Bonchev–Trinajstić information content (AvgIpc) is 2.42. The molecule has 0 bridgehead atoms. The molecule has 94 valence electrons. The van der Waals surface area contributed by atoms with Gasteiger partial charge in [0.1, 0.15) is 6.29 Å². The molecule has 0 radical (unpaired) electrons. The Morgan fingerprint density at radius 1 is 0.889 bits per heavy atom. The molecule has 3 heteroatoms. The summed E-state index contributed by atoms with van der Waals surface area (Å²) in [7, 11) is 3.21. The highest BCUT2D eigenvalue weighted by Crippen LogP contribution is 2.27. The molecule has 0 aliphatic heterocycles. The molecule has 0 amide bonds. The number of carbonyl (C=O) groups is 1. The van der Waals surface area contributed by atoms with E-state index < -0.39 is 0 Å². The van der Waals surface area contributed by atoms with Crippen molar-refractivity contribution in [3.8, 4) is 11.5 Å². The third kappa shape index (κ3) is 4.29. The highest BCUT2D eigenvalue weighted by molar-refractivity contribution is 5.65. The van der Waals surface area contributed by atoms with E-state index in [9.17, 15) is 4.79 Å². The molecule has 0 aliphatic rings. The Labute approximate surface area is 107 Å². The Morgan fingerprint density at radius 3 is 2.22 bits per heavy atom. The Kier molecular flexibility index (Phi) is 6.04. The van der Waals surface area contributed by atoms with E-state index in [-0.39, 0.29) is 0 Å². The molecule has 18 heavy (non-hydrogen) atoms. The van der Waals surface area contributed by atoms with Crippen LogP contribution in [0.3, 0.4) is 0 Å². The van der Waals surface area contributed by atoms with E-state index in [4.69, 9.17) is 9.47 Å².